The van der Waals surface area contributed by atoms with Crippen molar-refractivity contribution in [2.24, 2.45) is 0 Å². The van der Waals surface area contributed by atoms with Crippen LogP contribution in [-0.4, -0.2) is 30.4 Å². The Morgan fingerprint density at radius 3 is 2.56 bits per heavy atom. The van der Waals surface area contributed by atoms with Crippen LogP contribution in [0.5, 0.6) is 0 Å². The number of amides is 1. The molecule has 1 aliphatic heterocycles. The fourth-order valence-corrected chi connectivity index (χ4v) is 2.30. The van der Waals surface area contributed by atoms with Crippen molar-refractivity contribution in [3.63, 3.8) is 0 Å². The molecule has 0 saturated carbocycles. The van der Waals surface area contributed by atoms with E-state index in [0.29, 0.717) is 21.4 Å². The number of benzene rings is 1. The van der Waals surface area contributed by atoms with Crippen LogP contribution in [0.3, 0.4) is 0 Å². The van der Waals surface area contributed by atoms with Crippen LogP contribution in [0.4, 0.5) is 11.4 Å². The minimum atomic E-state index is 0.0815. The summed E-state index contributed by atoms with van der Waals surface area (Å²) in [6.07, 6.45) is 2.17. The lowest BCUT2D eigenvalue weighted by Gasteiger charge is -2.17. The van der Waals surface area contributed by atoms with Gasteiger partial charge in [-0.1, -0.05) is 23.2 Å². The van der Waals surface area contributed by atoms with Crippen LogP contribution in [0.25, 0.3) is 0 Å². The fourth-order valence-electron chi connectivity index (χ4n) is 1.96. The molecule has 0 radical (unpaired) electrons. The maximum atomic E-state index is 11.8. The summed E-state index contributed by atoms with van der Waals surface area (Å²) in [5.74, 6) is 0.0815. The zero-order chi connectivity index (χ0) is 13.1. The van der Waals surface area contributed by atoms with Crippen LogP contribution >= 0.6 is 23.2 Å². The first kappa shape index (κ1) is 13.3. The molecule has 2 rings (SSSR count). The third kappa shape index (κ3) is 3.00. The minimum Gasteiger partial charge on any atom is -0.397 e. The highest BCUT2D eigenvalue weighted by Crippen LogP contribution is 2.30. The lowest BCUT2D eigenvalue weighted by molar-refractivity contribution is -0.128. The van der Waals surface area contributed by atoms with E-state index >= 15 is 0 Å². The average Bonchev–Trinajstić information content (AvgIpc) is 2.85. The molecule has 0 atom stereocenters. The van der Waals surface area contributed by atoms with E-state index < -0.39 is 0 Å². The molecule has 0 spiro atoms. The number of anilines is 2. The molecule has 18 heavy (non-hydrogen) atoms. The Labute approximate surface area is 116 Å². The van der Waals surface area contributed by atoms with Crippen LogP contribution in [-0.2, 0) is 4.79 Å². The third-order valence-electron chi connectivity index (χ3n) is 2.98. The Morgan fingerprint density at radius 1 is 1.28 bits per heavy atom. The van der Waals surface area contributed by atoms with Crippen LogP contribution < -0.4 is 11.1 Å². The molecule has 98 valence electrons. The molecule has 0 aromatic heterocycles. The van der Waals surface area contributed by atoms with E-state index in [4.69, 9.17) is 28.9 Å². The summed E-state index contributed by atoms with van der Waals surface area (Å²) in [4.78, 5) is 13.7. The van der Waals surface area contributed by atoms with Crippen molar-refractivity contribution < 1.29 is 4.79 Å². The van der Waals surface area contributed by atoms with Gasteiger partial charge in [0.15, 0.2) is 0 Å². The second kappa shape index (κ2) is 5.67. The highest BCUT2D eigenvalue weighted by molar-refractivity contribution is 6.42. The Morgan fingerprint density at radius 2 is 1.89 bits per heavy atom. The van der Waals surface area contributed by atoms with E-state index in [1.54, 1.807) is 12.1 Å². The summed E-state index contributed by atoms with van der Waals surface area (Å²) in [5, 5.41) is 3.82. The second-order valence-corrected chi connectivity index (χ2v) is 5.11. The standard InChI is InChI=1S/C12H15Cl2N3O/c13-8-5-10(15)11(6-9(8)14)16-7-12(18)17-3-1-2-4-17/h5-6,16H,1-4,7,15H2. The van der Waals surface area contributed by atoms with Crippen LogP contribution in [0.1, 0.15) is 12.8 Å². The van der Waals surface area contributed by atoms with Gasteiger partial charge in [-0.15, -0.1) is 0 Å². The second-order valence-electron chi connectivity index (χ2n) is 4.30. The maximum Gasteiger partial charge on any atom is 0.241 e. The summed E-state index contributed by atoms with van der Waals surface area (Å²) in [7, 11) is 0. The van der Waals surface area contributed by atoms with Gasteiger partial charge in [-0.25, -0.2) is 0 Å². The van der Waals surface area contributed by atoms with E-state index in [1.807, 2.05) is 4.90 Å². The lowest BCUT2D eigenvalue weighted by atomic mass is 10.2. The van der Waals surface area contributed by atoms with E-state index in [9.17, 15) is 4.79 Å². The van der Waals surface area contributed by atoms with E-state index in [2.05, 4.69) is 5.32 Å². The summed E-state index contributed by atoms with van der Waals surface area (Å²) in [5.41, 5.74) is 6.92. The van der Waals surface area contributed by atoms with Crippen LogP contribution in [0.15, 0.2) is 12.1 Å². The number of likely N-dealkylation sites (tertiary alicyclic amines) is 1. The minimum absolute atomic E-state index is 0.0815. The fraction of sp³-hybridized carbons (Fsp3) is 0.417. The first-order valence-electron chi connectivity index (χ1n) is 5.84. The Kier molecular flexibility index (Phi) is 4.19. The molecule has 1 amide bonds. The van der Waals surface area contributed by atoms with Crippen molar-refractivity contribution >= 4 is 40.5 Å². The molecule has 0 aliphatic carbocycles. The number of hydrogen-bond donors (Lipinski definition) is 2. The summed E-state index contributed by atoms with van der Waals surface area (Å²) >= 11 is 11.7. The van der Waals surface area contributed by atoms with Gasteiger partial charge < -0.3 is 16.0 Å². The molecule has 3 N–H and O–H groups in total. The number of nitrogens with two attached hydrogens (primary N) is 1. The van der Waals surface area contributed by atoms with Gasteiger partial charge in [-0.05, 0) is 25.0 Å². The molecule has 6 heteroatoms. The van der Waals surface area contributed by atoms with E-state index in [-0.39, 0.29) is 12.5 Å². The number of nitrogens with one attached hydrogen (secondary N) is 1. The molecule has 1 aromatic carbocycles. The smallest absolute Gasteiger partial charge is 0.241 e. The predicted molar refractivity (Wildman–Crippen MR) is 75.2 cm³/mol. The molecule has 1 fully saturated rings. The van der Waals surface area contributed by atoms with Gasteiger partial charge in [-0.3, -0.25) is 4.79 Å². The molecule has 0 bridgehead atoms. The Bertz CT molecular complexity index is 459. The third-order valence-corrected chi connectivity index (χ3v) is 3.70. The topological polar surface area (TPSA) is 58.4 Å². The summed E-state index contributed by atoms with van der Waals surface area (Å²) in [6.45, 7) is 1.91. The molecule has 1 aliphatic rings. The Hall–Kier alpha value is -1.13. The van der Waals surface area contributed by atoms with Crippen molar-refractivity contribution in [3.8, 4) is 0 Å². The zero-order valence-corrected chi connectivity index (χ0v) is 11.4. The van der Waals surface area contributed by atoms with Gasteiger partial charge in [0.2, 0.25) is 5.91 Å². The van der Waals surface area contributed by atoms with Crippen LogP contribution in [0, 0.1) is 0 Å². The van der Waals surface area contributed by atoms with Crippen LogP contribution in [0.2, 0.25) is 10.0 Å². The lowest BCUT2D eigenvalue weighted by Crippen LogP contribution is -2.33. The molecule has 1 aromatic rings. The highest BCUT2D eigenvalue weighted by atomic mass is 35.5. The van der Waals surface area contributed by atoms with Gasteiger partial charge in [0.25, 0.3) is 0 Å². The quantitative estimate of drug-likeness (QED) is 0.841. The number of nitrogen functional groups attached to an aromatic ring is 1. The first-order chi connectivity index (χ1) is 8.58. The largest absolute Gasteiger partial charge is 0.397 e. The maximum absolute atomic E-state index is 11.8. The average molecular weight is 288 g/mol. The number of nitrogens with zero attached hydrogens (tertiary/aromatic N) is 1. The van der Waals surface area contributed by atoms with Crippen molar-refractivity contribution in [1.82, 2.24) is 4.90 Å². The van der Waals surface area contributed by atoms with Gasteiger partial charge in [0.05, 0.1) is 28.0 Å². The van der Waals surface area contributed by atoms with Gasteiger partial charge in [-0.2, -0.15) is 0 Å². The number of halogens is 2. The predicted octanol–water partition coefficient (Wildman–Crippen LogP) is 2.61. The number of carbonyl (C=O) groups excluding carboxylic acids is 1. The molecule has 0 unspecified atom stereocenters. The van der Waals surface area contributed by atoms with Gasteiger partial charge in [0, 0.05) is 13.1 Å². The van der Waals surface area contributed by atoms with E-state index in [0.717, 1.165) is 25.9 Å². The van der Waals surface area contributed by atoms with Crippen molar-refractivity contribution in [2.75, 3.05) is 30.7 Å². The summed E-state index contributed by atoms with van der Waals surface area (Å²) in [6, 6.07) is 3.21. The normalized spacial score (nSPS) is 14.9. The number of rotatable bonds is 3. The summed E-state index contributed by atoms with van der Waals surface area (Å²) < 4.78 is 0. The molecule has 4 nitrogen and oxygen atoms in total. The number of carbonyl (C=O) groups is 1. The van der Waals surface area contributed by atoms with Crippen molar-refractivity contribution in [3.05, 3.63) is 22.2 Å². The van der Waals surface area contributed by atoms with Crippen molar-refractivity contribution in [2.45, 2.75) is 12.8 Å². The van der Waals surface area contributed by atoms with Gasteiger partial charge >= 0.3 is 0 Å². The molecular weight excluding hydrogens is 273 g/mol. The monoisotopic (exact) mass is 287 g/mol. The first-order valence-corrected chi connectivity index (χ1v) is 6.59. The molecule has 1 heterocycles. The molecule has 1 saturated heterocycles. The van der Waals surface area contributed by atoms with E-state index in [1.165, 1.54) is 0 Å². The molecular formula is C12H15Cl2N3O. The zero-order valence-electron chi connectivity index (χ0n) is 9.88. The SMILES string of the molecule is Nc1cc(Cl)c(Cl)cc1NCC(=O)N1CCCC1. The number of hydrogen-bond acceptors (Lipinski definition) is 3. The highest BCUT2D eigenvalue weighted by Gasteiger charge is 2.17. The van der Waals surface area contributed by atoms with Crippen molar-refractivity contribution in [1.29, 1.82) is 0 Å². The van der Waals surface area contributed by atoms with Gasteiger partial charge in [0.1, 0.15) is 0 Å². The Balaban J connectivity index is 1.97.